The molecule has 3 heterocycles. The summed E-state index contributed by atoms with van der Waals surface area (Å²) in [7, 11) is -3.10. The molecule has 7 nitrogen and oxygen atoms in total. The number of hydrogen-bond acceptors (Lipinski definition) is 6. The summed E-state index contributed by atoms with van der Waals surface area (Å²) in [5.41, 5.74) is 0.0974. The molecule has 2 saturated heterocycles. The quantitative estimate of drug-likeness (QED) is 0.792. The molecule has 0 radical (unpaired) electrons. The topological polar surface area (TPSA) is 81.6 Å². The molecule has 1 aromatic heterocycles. The van der Waals surface area contributed by atoms with Crippen molar-refractivity contribution in [2.24, 2.45) is 11.3 Å². The summed E-state index contributed by atoms with van der Waals surface area (Å²) >= 11 is 0. The maximum atomic E-state index is 12.1. The average Bonchev–Trinajstić information content (AvgIpc) is 2.62. The van der Waals surface area contributed by atoms with Crippen molar-refractivity contribution in [1.82, 2.24) is 14.3 Å². The highest BCUT2D eigenvalue weighted by atomic mass is 32.2. The van der Waals surface area contributed by atoms with Crippen LogP contribution in [0.5, 0.6) is 5.88 Å². The number of nitrogens with zero attached hydrogens (tertiary/aromatic N) is 3. The van der Waals surface area contributed by atoms with Gasteiger partial charge in [-0.05, 0) is 31.6 Å². The second kappa shape index (κ2) is 7.33. The smallest absolute Gasteiger partial charge is 0.232 e. The van der Waals surface area contributed by atoms with Crippen molar-refractivity contribution < 1.29 is 17.9 Å². The molecular formula is C16H25N3O4S. The standard InChI is InChI=1S/C16H25N3O4S/c1-2-24(20,21)19-8-3-16(4-9-19)5-10-22-12-14(16)13-23-15-11-17-6-7-18-15/h6-7,11,14H,2-5,8-10,12-13H2,1H3/t14-/m0/s1. The second-order valence-electron chi connectivity index (χ2n) is 6.54. The predicted molar refractivity (Wildman–Crippen MR) is 89.2 cm³/mol. The van der Waals surface area contributed by atoms with Gasteiger partial charge in [0.1, 0.15) is 0 Å². The Hall–Kier alpha value is -1.25. The molecule has 0 saturated carbocycles. The van der Waals surface area contributed by atoms with E-state index in [-0.39, 0.29) is 17.1 Å². The van der Waals surface area contributed by atoms with E-state index in [1.807, 2.05) is 0 Å². The van der Waals surface area contributed by atoms with Crippen molar-refractivity contribution in [2.75, 3.05) is 38.7 Å². The average molecular weight is 355 g/mol. The fourth-order valence-electron chi connectivity index (χ4n) is 3.70. The van der Waals surface area contributed by atoms with Gasteiger partial charge in [0.15, 0.2) is 0 Å². The van der Waals surface area contributed by atoms with E-state index in [0.717, 1.165) is 25.9 Å². The van der Waals surface area contributed by atoms with E-state index in [2.05, 4.69) is 9.97 Å². The Balaban J connectivity index is 1.64. The van der Waals surface area contributed by atoms with Gasteiger partial charge in [-0.15, -0.1) is 0 Å². The Morgan fingerprint density at radius 1 is 1.33 bits per heavy atom. The number of aromatic nitrogens is 2. The van der Waals surface area contributed by atoms with Crippen LogP contribution >= 0.6 is 0 Å². The van der Waals surface area contributed by atoms with Crippen molar-refractivity contribution in [3.05, 3.63) is 18.6 Å². The van der Waals surface area contributed by atoms with E-state index in [1.165, 1.54) is 0 Å². The van der Waals surface area contributed by atoms with Gasteiger partial charge in [-0.1, -0.05) is 0 Å². The van der Waals surface area contributed by atoms with Crippen LogP contribution in [-0.2, 0) is 14.8 Å². The SMILES string of the molecule is CCS(=O)(=O)N1CCC2(CCOC[C@H]2COc2cnccn2)CC1. The first-order valence-electron chi connectivity index (χ1n) is 8.50. The third-order valence-electron chi connectivity index (χ3n) is 5.38. The fraction of sp³-hybridized carbons (Fsp3) is 0.750. The van der Waals surface area contributed by atoms with E-state index in [0.29, 0.717) is 32.2 Å². The minimum Gasteiger partial charge on any atom is -0.476 e. The molecule has 24 heavy (non-hydrogen) atoms. The molecule has 2 aliphatic rings. The van der Waals surface area contributed by atoms with Crippen LogP contribution in [-0.4, -0.2) is 61.4 Å². The number of sulfonamides is 1. The van der Waals surface area contributed by atoms with Crippen LogP contribution in [0.25, 0.3) is 0 Å². The predicted octanol–water partition coefficient (Wildman–Crippen LogP) is 1.32. The lowest BCUT2D eigenvalue weighted by Gasteiger charge is -2.48. The second-order valence-corrected chi connectivity index (χ2v) is 8.80. The molecule has 1 aromatic rings. The number of rotatable bonds is 5. The van der Waals surface area contributed by atoms with E-state index in [4.69, 9.17) is 9.47 Å². The molecule has 1 spiro atoms. The van der Waals surface area contributed by atoms with Gasteiger partial charge < -0.3 is 9.47 Å². The third-order valence-corrected chi connectivity index (χ3v) is 7.26. The largest absolute Gasteiger partial charge is 0.476 e. The van der Waals surface area contributed by atoms with Crippen LogP contribution in [0.1, 0.15) is 26.2 Å². The molecule has 2 aliphatic heterocycles. The Kier molecular flexibility index (Phi) is 5.36. The van der Waals surface area contributed by atoms with E-state index in [9.17, 15) is 8.42 Å². The molecule has 134 valence electrons. The molecule has 3 rings (SSSR count). The van der Waals surface area contributed by atoms with Crippen LogP contribution in [0.4, 0.5) is 0 Å². The van der Waals surface area contributed by atoms with E-state index < -0.39 is 10.0 Å². The van der Waals surface area contributed by atoms with Crippen molar-refractivity contribution >= 4 is 10.0 Å². The summed E-state index contributed by atoms with van der Waals surface area (Å²) < 4.78 is 37.3. The van der Waals surface area contributed by atoms with Gasteiger partial charge in [0.05, 0.1) is 25.2 Å². The van der Waals surface area contributed by atoms with Crippen molar-refractivity contribution in [3.63, 3.8) is 0 Å². The minimum absolute atomic E-state index is 0.0974. The third kappa shape index (κ3) is 3.70. The van der Waals surface area contributed by atoms with Crippen molar-refractivity contribution in [1.29, 1.82) is 0 Å². The van der Waals surface area contributed by atoms with Gasteiger partial charge in [-0.2, -0.15) is 0 Å². The Bertz CT molecular complexity index is 630. The fourth-order valence-corrected chi connectivity index (χ4v) is 4.81. The summed E-state index contributed by atoms with van der Waals surface area (Å²) in [5.74, 6) is 0.937. The van der Waals surface area contributed by atoms with Gasteiger partial charge in [0.2, 0.25) is 15.9 Å². The molecule has 2 fully saturated rings. The van der Waals surface area contributed by atoms with E-state index in [1.54, 1.807) is 29.8 Å². The highest BCUT2D eigenvalue weighted by molar-refractivity contribution is 7.89. The molecule has 0 aliphatic carbocycles. The molecule has 0 unspecified atom stereocenters. The van der Waals surface area contributed by atoms with Crippen LogP contribution in [0.15, 0.2) is 18.6 Å². The molecule has 0 bridgehead atoms. The Morgan fingerprint density at radius 2 is 2.12 bits per heavy atom. The minimum atomic E-state index is -3.10. The number of hydrogen-bond donors (Lipinski definition) is 0. The van der Waals surface area contributed by atoms with Gasteiger partial charge >= 0.3 is 0 Å². The van der Waals surface area contributed by atoms with Crippen LogP contribution < -0.4 is 4.74 Å². The van der Waals surface area contributed by atoms with Gasteiger partial charge in [-0.25, -0.2) is 17.7 Å². The first-order chi connectivity index (χ1) is 11.6. The van der Waals surface area contributed by atoms with Gasteiger partial charge in [-0.3, -0.25) is 4.98 Å². The lowest BCUT2D eigenvalue weighted by atomic mass is 9.66. The van der Waals surface area contributed by atoms with Crippen molar-refractivity contribution in [3.8, 4) is 5.88 Å². The summed E-state index contributed by atoms with van der Waals surface area (Å²) in [5, 5.41) is 0. The number of ether oxygens (including phenoxy) is 2. The number of piperidine rings is 1. The van der Waals surface area contributed by atoms with E-state index >= 15 is 0 Å². The molecule has 0 N–H and O–H groups in total. The zero-order valence-electron chi connectivity index (χ0n) is 14.1. The zero-order valence-corrected chi connectivity index (χ0v) is 14.9. The lowest BCUT2D eigenvalue weighted by molar-refractivity contribution is -0.0791. The van der Waals surface area contributed by atoms with Crippen molar-refractivity contribution in [2.45, 2.75) is 26.2 Å². The molecule has 0 amide bonds. The summed E-state index contributed by atoms with van der Waals surface area (Å²) in [6, 6.07) is 0. The van der Waals surface area contributed by atoms with Gasteiger partial charge in [0.25, 0.3) is 0 Å². The summed E-state index contributed by atoms with van der Waals surface area (Å²) in [6.45, 7) is 4.81. The Labute approximate surface area is 143 Å². The maximum Gasteiger partial charge on any atom is 0.232 e. The van der Waals surface area contributed by atoms with Crippen LogP contribution in [0.2, 0.25) is 0 Å². The monoisotopic (exact) mass is 355 g/mol. The van der Waals surface area contributed by atoms with Crippen LogP contribution in [0, 0.1) is 11.3 Å². The van der Waals surface area contributed by atoms with Crippen LogP contribution in [0.3, 0.4) is 0 Å². The highest BCUT2D eigenvalue weighted by Gasteiger charge is 2.45. The molecule has 8 heteroatoms. The summed E-state index contributed by atoms with van der Waals surface area (Å²) in [6.07, 6.45) is 7.51. The molecule has 0 aromatic carbocycles. The maximum absolute atomic E-state index is 12.1. The Morgan fingerprint density at radius 3 is 2.79 bits per heavy atom. The zero-order chi connectivity index (χ0) is 17.0. The first-order valence-corrected chi connectivity index (χ1v) is 10.1. The molecule has 1 atom stereocenters. The lowest BCUT2D eigenvalue weighted by Crippen LogP contribution is -2.51. The normalized spacial score (nSPS) is 24.8. The van der Waals surface area contributed by atoms with Gasteiger partial charge in [0, 0.05) is 38.0 Å². The first kappa shape index (κ1) is 17.6. The summed E-state index contributed by atoms with van der Waals surface area (Å²) in [4.78, 5) is 8.15. The molecular weight excluding hydrogens is 330 g/mol. The highest BCUT2D eigenvalue weighted by Crippen LogP contribution is 2.45.